The van der Waals surface area contributed by atoms with Crippen LogP contribution < -0.4 is 15.0 Å². The van der Waals surface area contributed by atoms with E-state index in [0.717, 1.165) is 17.7 Å². The molecule has 7 nitrogen and oxygen atoms in total. The molecule has 0 saturated heterocycles. The lowest BCUT2D eigenvalue weighted by atomic mass is 10.1. The molecule has 0 amide bonds. The second-order valence-corrected chi connectivity index (χ2v) is 10.6. The maximum Gasteiger partial charge on any atom is 0.343 e. The average molecular weight is 568 g/mol. The van der Waals surface area contributed by atoms with E-state index in [1.807, 2.05) is 6.07 Å². The Morgan fingerprint density at radius 1 is 0.810 bits per heavy atom. The Bertz CT molecular complexity index is 1510. The third-order valence-electron chi connectivity index (χ3n) is 7.19. The summed E-state index contributed by atoms with van der Waals surface area (Å²) in [7, 11) is 0. The molecule has 0 fully saturated rings. The monoisotopic (exact) mass is 567 g/mol. The van der Waals surface area contributed by atoms with Gasteiger partial charge in [0.25, 0.3) is 5.56 Å². The Hall–Kier alpha value is -4.26. The number of carbonyl (C=O) groups excluding carboxylic acids is 1. The van der Waals surface area contributed by atoms with Crippen molar-refractivity contribution < 1.29 is 14.3 Å². The van der Waals surface area contributed by atoms with Gasteiger partial charge in [0.15, 0.2) is 0 Å². The quantitative estimate of drug-likeness (QED) is 0.0591. The molecule has 220 valence electrons. The fourth-order valence-corrected chi connectivity index (χ4v) is 4.75. The number of hydrogen-bond donors (Lipinski definition) is 0. The van der Waals surface area contributed by atoms with Crippen LogP contribution >= 0.6 is 0 Å². The summed E-state index contributed by atoms with van der Waals surface area (Å²) >= 11 is 0. The van der Waals surface area contributed by atoms with Gasteiger partial charge in [-0.15, -0.1) is 0 Å². The van der Waals surface area contributed by atoms with Crippen molar-refractivity contribution in [3.63, 3.8) is 0 Å². The number of nitrogens with zero attached hydrogens (tertiary/aromatic N) is 3. The molecule has 0 aliphatic heterocycles. The number of aryl methyl sites for hydroxylation is 1. The summed E-state index contributed by atoms with van der Waals surface area (Å²) < 4.78 is 12.7. The van der Waals surface area contributed by atoms with Crippen LogP contribution in [0, 0.1) is 6.92 Å². The minimum absolute atomic E-state index is 0.227. The van der Waals surface area contributed by atoms with Crippen LogP contribution in [-0.4, -0.2) is 28.5 Å². The third kappa shape index (κ3) is 9.13. The summed E-state index contributed by atoms with van der Waals surface area (Å²) in [6, 6.07) is 21.2. The van der Waals surface area contributed by atoms with Crippen LogP contribution in [0.3, 0.4) is 0 Å². The summed E-state index contributed by atoms with van der Waals surface area (Å²) in [6.45, 7) is 4.68. The highest BCUT2D eigenvalue weighted by atomic mass is 16.5. The normalized spacial score (nSPS) is 11.3. The second-order valence-electron chi connectivity index (χ2n) is 10.6. The molecular formula is C35H41N3O4. The van der Waals surface area contributed by atoms with Crippen LogP contribution in [0.15, 0.2) is 82.7 Å². The minimum Gasteiger partial charge on any atom is -0.494 e. The van der Waals surface area contributed by atoms with E-state index < -0.39 is 5.97 Å². The highest BCUT2D eigenvalue weighted by molar-refractivity contribution is 5.91. The molecule has 7 heteroatoms. The average Bonchev–Trinajstić information content (AvgIpc) is 3.01. The summed E-state index contributed by atoms with van der Waals surface area (Å²) in [6.07, 6.45) is 14.5. The number of carbonyl (C=O) groups is 1. The minimum atomic E-state index is -0.443. The van der Waals surface area contributed by atoms with E-state index in [-0.39, 0.29) is 5.56 Å². The number of hydrogen-bond acceptors (Lipinski definition) is 6. The second kappa shape index (κ2) is 16.2. The van der Waals surface area contributed by atoms with E-state index in [1.54, 1.807) is 79.9 Å². The van der Waals surface area contributed by atoms with Crippen LogP contribution in [-0.2, 0) is 0 Å². The zero-order valence-electron chi connectivity index (χ0n) is 24.8. The van der Waals surface area contributed by atoms with Crippen LogP contribution in [0.2, 0.25) is 0 Å². The number of benzene rings is 3. The summed E-state index contributed by atoms with van der Waals surface area (Å²) in [5.41, 5.74) is 1.61. The third-order valence-corrected chi connectivity index (χ3v) is 7.19. The zero-order valence-corrected chi connectivity index (χ0v) is 24.8. The fraction of sp³-hybridized carbons (Fsp3) is 0.371. The largest absolute Gasteiger partial charge is 0.494 e. The van der Waals surface area contributed by atoms with E-state index >= 15 is 0 Å². The van der Waals surface area contributed by atoms with E-state index in [4.69, 9.17) is 9.47 Å². The molecule has 0 spiro atoms. The smallest absolute Gasteiger partial charge is 0.343 e. The van der Waals surface area contributed by atoms with Gasteiger partial charge in [-0.2, -0.15) is 9.78 Å². The molecule has 0 N–H and O–H groups in total. The van der Waals surface area contributed by atoms with Crippen molar-refractivity contribution in [2.75, 3.05) is 6.61 Å². The molecular weight excluding hydrogens is 526 g/mol. The Labute approximate surface area is 248 Å². The number of rotatable bonds is 16. The predicted octanol–water partition coefficient (Wildman–Crippen LogP) is 8.11. The molecule has 0 atom stereocenters. The standard InChI is InChI=1S/C35H41N3O4/c1-3-4-5-6-7-8-9-10-11-14-25-41-30-23-19-29(20-24-30)35(40)42-31-21-17-28(18-22-31)26-36-38-27(2)37-33-16-13-12-15-32(33)34(38)39/h12-13,15-24,26H,3-11,14,25H2,1-2H3/b36-26+. The zero-order chi connectivity index (χ0) is 29.6. The Balaban J connectivity index is 1.19. The topological polar surface area (TPSA) is 82.8 Å². The van der Waals surface area contributed by atoms with E-state index in [2.05, 4.69) is 17.0 Å². The first-order valence-corrected chi connectivity index (χ1v) is 15.1. The van der Waals surface area contributed by atoms with Gasteiger partial charge in [0.1, 0.15) is 17.3 Å². The first kappa shape index (κ1) is 30.7. The lowest BCUT2D eigenvalue weighted by molar-refractivity contribution is 0.0734. The van der Waals surface area contributed by atoms with Gasteiger partial charge in [0.05, 0.1) is 29.3 Å². The molecule has 0 aliphatic rings. The highest BCUT2D eigenvalue weighted by Crippen LogP contribution is 2.17. The number of esters is 1. The van der Waals surface area contributed by atoms with E-state index in [1.165, 1.54) is 62.5 Å². The first-order chi connectivity index (χ1) is 20.5. The van der Waals surface area contributed by atoms with Crippen molar-refractivity contribution in [2.24, 2.45) is 5.10 Å². The SMILES string of the molecule is CCCCCCCCCCCCOc1ccc(C(=O)Oc2ccc(/C=N/n3c(C)nc4ccccc4c3=O)cc2)cc1. The van der Waals surface area contributed by atoms with Crippen LogP contribution in [0.1, 0.15) is 92.9 Å². The molecule has 0 bridgehead atoms. The van der Waals surface area contributed by atoms with E-state index in [9.17, 15) is 9.59 Å². The molecule has 1 aromatic heterocycles. The molecule has 0 unspecified atom stereocenters. The number of para-hydroxylation sites is 1. The Morgan fingerprint density at radius 3 is 2.12 bits per heavy atom. The number of unbranched alkanes of at least 4 members (excludes halogenated alkanes) is 9. The molecule has 0 radical (unpaired) electrons. The maximum atomic E-state index is 12.8. The lowest BCUT2D eigenvalue weighted by Crippen LogP contribution is -2.20. The van der Waals surface area contributed by atoms with Gasteiger partial charge in [-0.1, -0.05) is 76.8 Å². The molecule has 0 aliphatic carbocycles. The van der Waals surface area contributed by atoms with Gasteiger partial charge >= 0.3 is 5.97 Å². The van der Waals surface area contributed by atoms with Gasteiger partial charge in [-0.25, -0.2) is 9.78 Å². The van der Waals surface area contributed by atoms with Gasteiger partial charge in [-0.3, -0.25) is 4.79 Å². The Kier molecular flexibility index (Phi) is 11.9. The van der Waals surface area contributed by atoms with Gasteiger partial charge < -0.3 is 9.47 Å². The highest BCUT2D eigenvalue weighted by Gasteiger charge is 2.10. The van der Waals surface area contributed by atoms with Crippen molar-refractivity contribution in [3.8, 4) is 11.5 Å². The van der Waals surface area contributed by atoms with Crippen molar-refractivity contribution in [3.05, 3.63) is 100 Å². The maximum absolute atomic E-state index is 12.8. The van der Waals surface area contributed by atoms with Crippen molar-refractivity contribution in [1.29, 1.82) is 0 Å². The van der Waals surface area contributed by atoms with E-state index in [0.29, 0.717) is 34.6 Å². The number of fused-ring (bicyclic) bond motifs is 1. The summed E-state index contributed by atoms with van der Waals surface area (Å²) in [4.78, 5) is 29.9. The Morgan fingerprint density at radius 2 is 1.43 bits per heavy atom. The van der Waals surface area contributed by atoms with Crippen molar-refractivity contribution >= 4 is 23.1 Å². The molecule has 0 saturated carbocycles. The summed E-state index contributed by atoms with van der Waals surface area (Å²) in [5.74, 6) is 1.22. The van der Waals surface area contributed by atoms with Crippen LogP contribution in [0.4, 0.5) is 0 Å². The molecule has 1 heterocycles. The van der Waals surface area contributed by atoms with Crippen LogP contribution in [0.25, 0.3) is 10.9 Å². The fourth-order valence-electron chi connectivity index (χ4n) is 4.75. The van der Waals surface area contributed by atoms with Crippen molar-refractivity contribution in [1.82, 2.24) is 9.66 Å². The van der Waals surface area contributed by atoms with Gasteiger partial charge in [-0.05, 0) is 79.6 Å². The van der Waals surface area contributed by atoms with Crippen molar-refractivity contribution in [2.45, 2.75) is 78.1 Å². The van der Waals surface area contributed by atoms with Gasteiger partial charge in [0, 0.05) is 0 Å². The molecule has 4 rings (SSSR count). The number of ether oxygens (including phenoxy) is 2. The number of aromatic nitrogens is 2. The predicted molar refractivity (Wildman–Crippen MR) is 169 cm³/mol. The molecule has 42 heavy (non-hydrogen) atoms. The first-order valence-electron chi connectivity index (χ1n) is 15.1. The molecule has 3 aromatic carbocycles. The molecule has 4 aromatic rings. The van der Waals surface area contributed by atoms with Crippen LogP contribution in [0.5, 0.6) is 11.5 Å². The lowest BCUT2D eigenvalue weighted by Gasteiger charge is -2.08. The summed E-state index contributed by atoms with van der Waals surface area (Å²) in [5, 5.41) is 4.83. The van der Waals surface area contributed by atoms with Gasteiger partial charge in [0.2, 0.25) is 0 Å².